The Kier molecular flexibility index (Phi) is 4.45. The molecule has 0 saturated heterocycles. The van der Waals surface area contributed by atoms with Crippen LogP contribution in [0.4, 0.5) is 5.69 Å². The van der Waals surface area contributed by atoms with Crippen LogP contribution in [0.5, 0.6) is 0 Å². The number of aliphatic imine (C=N–C) groups is 2. The van der Waals surface area contributed by atoms with E-state index in [0.29, 0.717) is 0 Å². The van der Waals surface area contributed by atoms with Crippen LogP contribution in [0.25, 0.3) is 0 Å². The number of carboxylic acids is 1. The predicted molar refractivity (Wildman–Crippen MR) is 70.3 cm³/mol. The highest BCUT2D eigenvalue weighted by molar-refractivity contribution is 6.60. The summed E-state index contributed by atoms with van der Waals surface area (Å²) >= 11 is 0. The van der Waals surface area contributed by atoms with Gasteiger partial charge in [-0.05, 0) is 12.1 Å². The molecule has 0 atom stereocenters. The van der Waals surface area contributed by atoms with Crippen LogP contribution in [0, 0.1) is 0 Å². The number of carboxylic acid groups (broad SMARTS) is 1. The molecule has 0 radical (unpaired) electrons. The first kappa shape index (κ1) is 14.5. The Hall–Kier alpha value is -2.59. The number of hydrogen-bond acceptors (Lipinski definition) is 4. The van der Waals surface area contributed by atoms with Crippen molar-refractivity contribution in [2.75, 3.05) is 0 Å². The molecule has 1 rings (SSSR count). The summed E-state index contributed by atoms with van der Waals surface area (Å²) in [6.07, 6.45) is 0. The molecule has 9 nitrogen and oxygen atoms in total. The van der Waals surface area contributed by atoms with Gasteiger partial charge in [0.2, 0.25) is 5.96 Å². The van der Waals surface area contributed by atoms with Gasteiger partial charge in [0.25, 0.3) is 0 Å². The van der Waals surface area contributed by atoms with Crippen molar-refractivity contribution in [3.8, 4) is 0 Å². The Balaban J connectivity index is 3.33. The van der Waals surface area contributed by atoms with Crippen LogP contribution in [-0.4, -0.2) is 40.2 Å². The topological polar surface area (TPSA) is 181 Å². The van der Waals surface area contributed by atoms with Crippen molar-refractivity contribution in [2.24, 2.45) is 27.2 Å². The van der Waals surface area contributed by atoms with Crippen LogP contribution in [0.1, 0.15) is 10.4 Å². The molecule has 0 bridgehead atoms. The largest absolute Gasteiger partial charge is 0.490 e. The van der Waals surface area contributed by atoms with E-state index in [1.807, 2.05) is 0 Å². The number of nitrogens with zero attached hydrogens (tertiary/aromatic N) is 2. The van der Waals surface area contributed by atoms with Gasteiger partial charge in [-0.15, -0.1) is 0 Å². The van der Waals surface area contributed by atoms with E-state index in [9.17, 15) is 4.79 Å². The molecular weight excluding hydrogens is 253 g/mol. The lowest BCUT2D eigenvalue weighted by Crippen LogP contribution is -2.31. The third-order valence-corrected chi connectivity index (χ3v) is 2.03. The zero-order valence-electron chi connectivity index (χ0n) is 9.69. The van der Waals surface area contributed by atoms with E-state index in [0.717, 1.165) is 6.07 Å². The van der Waals surface area contributed by atoms with E-state index >= 15 is 0 Å². The second kappa shape index (κ2) is 5.84. The second-order valence-electron chi connectivity index (χ2n) is 3.46. The van der Waals surface area contributed by atoms with E-state index in [4.69, 9.17) is 32.4 Å². The lowest BCUT2D eigenvalue weighted by Gasteiger charge is -2.06. The first-order chi connectivity index (χ1) is 8.81. The predicted octanol–water partition coefficient (Wildman–Crippen LogP) is -2.72. The molecule has 9 N–H and O–H groups in total. The molecule has 1 aromatic rings. The van der Waals surface area contributed by atoms with Crippen LogP contribution in [0.2, 0.25) is 0 Å². The third-order valence-electron chi connectivity index (χ3n) is 2.03. The van der Waals surface area contributed by atoms with Gasteiger partial charge in [-0.25, -0.2) is 9.79 Å². The maximum atomic E-state index is 10.8. The lowest BCUT2D eigenvalue weighted by molar-refractivity contribution is 0.0697. The lowest BCUT2D eigenvalue weighted by atomic mass is 9.78. The molecule has 19 heavy (non-hydrogen) atoms. The molecule has 0 aromatic heterocycles. The summed E-state index contributed by atoms with van der Waals surface area (Å²) < 4.78 is 0. The standard InChI is InChI=1S/C9H12BN5O4/c11-8(12)15-9(13)14-6-3-4(7(16)17)1-2-5(6)10(18)19/h1-3,18-19H,(H,16,17)(H6,11,12,13,14,15). The summed E-state index contributed by atoms with van der Waals surface area (Å²) in [5, 5.41) is 27.1. The van der Waals surface area contributed by atoms with Gasteiger partial charge in [-0.1, -0.05) is 6.07 Å². The highest BCUT2D eigenvalue weighted by atomic mass is 16.4. The summed E-state index contributed by atoms with van der Waals surface area (Å²) in [6.45, 7) is 0. The van der Waals surface area contributed by atoms with Gasteiger partial charge in [0.05, 0.1) is 11.3 Å². The van der Waals surface area contributed by atoms with Crippen molar-refractivity contribution < 1.29 is 19.9 Å². The molecule has 0 aliphatic rings. The highest BCUT2D eigenvalue weighted by Gasteiger charge is 2.18. The van der Waals surface area contributed by atoms with Crippen molar-refractivity contribution in [1.29, 1.82) is 0 Å². The average molecular weight is 265 g/mol. The zero-order chi connectivity index (χ0) is 14.6. The first-order valence-corrected chi connectivity index (χ1v) is 4.98. The Labute approximate surface area is 108 Å². The minimum absolute atomic E-state index is 0.0289. The van der Waals surface area contributed by atoms with Crippen LogP contribution < -0.4 is 22.7 Å². The molecule has 0 aliphatic carbocycles. The molecule has 0 heterocycles. The number of rotatable bonds is 3. The Morgan fingerprint density at radius 3 is 2.32 bits per heavy atom. The highest BCUT2D eigenvalue weighted by Crippen LogP contribution is 2.13. The summed E-state index contributed by atoms with van der Waals surface area (Å²) in [5.41, 5.74) is 15.4. The van der Waals surface area contributed by atoms with Gasteiger partial charge in [0.15, 0.2) is 5.96 Å². The van der Waals surface area contributed by atoms with Gasteiger partial charge in [0.1, 0.15) is 0 Å². The number of nitrogens with two attached hydrogens (primary N) is 3. The summed E-state index contributed by atoms with van der Waals surface area (Å²) in [7, 11) is -1.84. The van der Waals surface area contributed by atoms with Crippen LogP contribution in [0.15, 0.2) is 28.2 Å². The first-order valence-electron chi connectivity index (χ1n) is 4.98. The Morgan fingerprint density at radius 2 is 1.84 bits per heavy atom. The second-order valence-corrected chi connectivity index (χ2v) is 3.46. The van der Waals surface area contributed by atoms with Crippen molar-refractivity contribution in [3.05, 3.63) is 23.8 Å². The monoisotopic (exact) mass is 265 g/mol. The Morgan fingerprint density at radius 1 is 1.21 bits per heavy atom. The molecular formula is C9H12BN5O4. The minimum atomic E-state index is -1.84. The molecule has 0 spiro atoms. The van der Waals surface area contributed by atoms with Gasteiger partial charge >= 0.3 is 13.1 Å². The number of aromatic carboxylic acids is 1. The molecule has 0 aliphatic heterocycles. The van der Waals surface area contributed by atoms with Gasteiger partial charge in [-0.3, -0.25) is 0 Å². The van der Waals surface area contributed by atoms with Crippen molar-refractivity contribution in [2.45, 2.75) is 0 Å². The van der Waals surface area contributed by atoms with Crippen LogP contribution in [0.3, 0.4) is 0 Å². The number of hydrogen-bond donors (Lipinski definition) is 6. The summed E-state index contributed by atoms with van der Waals surface area (Å²) in [5.74, 6) is -1.87. The molecule has 0 saturated carbocycles. The van der Waals surface area contributed by atoms with Crippen molar-refractivity contribution in [3.63, 3.8) is 0 Å². The summed E-state index contributed by atoms with van der Waals surface area (Å²) in [4.78, 5) is 18.0. The number of benzene rings is 1. The van der Waals surface area contributed by atoms with E-state index in [1.54, 1.807) is 0 Å². The fourth-order valence-corrected chi connectivity index (χ4v) is 1.27. The molecule has 100 valence electrons. The fourth-order valence-electron chi connectivity index (χ4n) is 1.27. The van der Waals surface area contributed by atoms with E-state index < -0.39 is 13.1 Å². The molecule has 10 heteroatoms. The van der Waals surface area contributed by atoms with Gasteiger partial charge in [0, 0.05) is 5.46 Å². The van der Waals surface area contributed by atoms with Crippen LogP contribution >= 0.6 is 0 Å². The van der Waals surface area contributed by atoms with E-state index in [2.05, 4.69) is 9.98 Å². The van der Waals surface area contributed by atoms with E-state index in [1.165, 1.54) is 12.1 Å². The normalized spacial score (nSPS) is 10.9. The molecule has 0 unspecified atom stereocenters. The SMILES string of the molecule is NC(N)=NC(N)=Nc1cc(C(=O)O)ccc1B(O)O. The number of carbonyl (C=O) groups is 1. The van der Waals surface area contributed by atoms with E-state index in [-0.39, 0.29) is 28.6 Å². The average Bonchev–Trinajstić information content (AvgIpc) is 2.26. The zero-order valence-corrected chi connectivity index (χ0v) is 9.69. The van der Waals surface area contributed by atoms with Gasteiger partial charge < -0.3 is 32.4 Å². The van der Waals surface area contributed by atoms with Gasteiger partial charge in [-0.2, -0.15) is 4.99 Å². The quantitative estimate of drug-likeness (QED) is 0.195. The maximum absolute atomic E-state index is 10.8. The molecule has 0 fully saturated rings. The molecule has 1 aromatic carbocycles. The fraction of sp³-hybridized carbons (Fsp3) is 0. The maximum Gasteiger partial charge on any atom is 0.490 e. The van der Waals surface area contributed by atoms with Crippen molar-refractivity contribution in [1.82, 2.24) is 0 Å². The van der Waals surface area contributed by atoms with Crippen LogP contribution in [-0.2, 0) is 0 Å². The minimum Gasteiger partial charge on any atom is -0.478 e. The summed E-state index contributed by atoms with van der Waals surface area (Å²) in [6, 6.07) is 3.52. The number of guanidine groups is 2. The molecule has 0 amide bonds. The Bertz CT molecular complexity index is 554. The third kappa shape index (κ3) is 3.98. The van der Waals surface area contributed by atoms with Crippen molar-refractivity contribution >= 4 is 36.2 Å². The smallest absolute Gasteiger partial charge is 0.478 e.